The Hall–Kier alpha value is -2.86. The molecule has 0 saturated carbocycles. The van der Waals surface area contributed by atoms with Crippen LogP contribution in [-0.2, 0) is 4.79 Å². The Balaban J connectivity index is 1.36. The first kappa shape index (κ1) is 21.0. The molecule has 170 valence electrons. The van der Waals surface area contributed by atoms with Gasteiger partial charge < -0.3 is 14.5 Å². The average molecular weight is 442 g/mol. The van der Waals surface area contributed by atoms with E-state index in [9.17, 15) is 9.18 Å². The lowest BCUT2D eigenvalue weighted by molar-refractivity contribution is -0.121. The van der Waals surface area contributed by atoms with Gasteiger partial charge in [0.15, 0.2) is 5.82 Å². The molecule has 0 aliphatic carbocycles. The van der Waals surface area contributed by atoms with Gasteiger partial charge in [-0.15, -0.1) is 0 Å². The van der Waals surface area contributed by atoms with Crippen LogP contribution < -0.4 is 30.9 Å². The van der Waals surface area contributed by atoms with E-state index in [1.54, 1.807) is 12.1 Å². The van der Waals surface area contributed by atoms with Crippen LogP contribution in [0.3, 0.4) is 0 Å². The molecule has 1 aromatic heterocycles. The number of benzene rings is 1. The molecule has 4 heterocycles. The van der Waals surface area contributed by atoms with Crippen molar-refractivity contribution in [2.24, 2.45) is 0 Å². The minimum atomic E-state index is -0.529. The van der Waals surface area contributed by atoms with Crippen LogP contribution >= 0.6 is 0 Å². The van der Waals surface area contributed by atoms with Gasteiger partial charge in [-0.2, -0.15) is 0 Å². The number of ether oxygens (including phenoxy) is 1. The summed E-state index contributed by atoms with van der Waals surface area (Å²) in [4.78, 5) is 26.4. The number of piperazine rings is 1. The molecule has 0 spiro atoms. The number of nitrogens with one attached hydrogen (secondary N) is 3. The molecule has 11 heteroatoms. The lowest BCUT2D eigenvalue weighted by Crippen LogP contribution is -2.60. The highest BCUT2D eigenvalue weighted by Crippen LogP contribution is 2.35. The minimum absolute atomic E-state index is 0.0887. The molecule has 10 nitrogen and oxygen atoms in total. The average Bonchev–Trinajstić information content (AvgIpc) is 3.21. The number of carbonyl (C=O) groups is 1. The fourth-order valence-corrected chi connectivity index (χ4v) is 4.47. The van der Waals surface area contributed by atoms with Crippen LogP contribution in [0.2, 0.25) is 0 Å². The van der Waals surface area contributed by atoms with E-state index < -0.39 is 5.82 Å². The van der Waals surface area contributed by atoms with E-state index in [-0.39, 0.29) is 36.1 Å². The summed E-state index contributed by atoms with van der Waals surface area (Å²) in [6.07, 6.45) is 3.84. The maximum Gasteiger partial charge on any atom is 0.243 e. The summed E-state index contributed by atoms with van der Waals surface area (Å²) in [5.74, 6) is 0.235. The fourth-order valence-electron chi connectivity index (χ4n) is 4.47. The zero-order valence-corrected chi connectivity index (χ0v) is 18.1. The van der Waals surface area contributed by atoms with Gasteiger partial charge in [-0.3, -0.25) is 10.2 Å². The van der Waals surface area contributed by atoms with Gasteiger partial charge in [0, 0.05) is 56.6 Å². The van der Waals surface area contributed by atoms with Crippen molar-refractivity contribution in [3.8, 4) is 5.75 Å². The molecule has 32 heavy (non-hydrogen) atoms. The molecule has 0 bridgehead atoms. The van der Waals surface area contributed by atoms with Crippen LogP contribution in [-0.4, -0.2) is 73.2 Å². The van der Waals surface area contributed by atoms with E-state index in [1.807, 2.05) is 12.4 Å². The second-order valence-electron chi connectivity index (χ2n) is 8.36. The Bertz CT molecular complexity index is 982. The Morgan fingerprint density at radius 2 is 1.88 bits per heavy atom. The van der Waals surface area contributed by atoms with Crippen molar-refractivity contribution in [2.45, 2.75) is 24.5 Å². The van der Waals surface area contributed by atoms with E-state index in [0.29, 0.717) is 11.7 Å². The van der Waals surface area contributed by atoms with Crippen molar-refractivity contribution in [3.63, 3.8) is 0 Å². The lowest BCUT2D eigenvalue weighted by atomic mass is 9.95. The molecule has 1 aromatic carbocycles. The molecular weight excluding hydrogens is 415 g/mol. The number of fused-ring (bicyclic) bond motifs is 1. The first-order chi connectivity index (χ1) is 15.5. The Morgan fingerprint density at radius 1 is 1.12 bits per heavy atom. The number of amides is 1. The smallest absolute Gasteiger partial charge is 0.243 e. The van der Waals surface area contributed by atoms with Gasteiger partial charge in [-0.25, -0.2) is 30.2 Å². The summed E-state index contributed by atoms with van der Waals surface area (Å²) >= 11 is 0. The Labute approximate surface area is 185 Å². The summed E-state index contributed by atoms with van der Waals surface area (Å²) in [6.45, 7) is 3.76. The zero-order chi connectivity index (χ0) is 22.2. The minimum Gasteiger partial charge on any atom is -0.494 e. The molecule has 1 amide bonds. The standard InChI is InChI=1S/C21H27FN8O2/c1-28-6-8-29(9-7-28)21-23-11-13(12-24-21)18-19-15(25-26-18)10-17(31)30(27-19)20-14(22)4-3-5-16(20)32-2/h3-5,11-12,15,18-19,25-27H,6-10H2,1-2H3. The topological polar surface area (TPSA) is 97.9 Å². The van der Waals surface area contributed by atoms with E-state index in [0.717, 1.165) is 31.7 Å². The summed E-state index contributed by atoms with van der Waals surface area (Å²) in [5, 5.41) is 1.26. The maximum atomic E-state index is 14.6. The number of aromatic nitrogens is 2. The first-order valence-electron chi connectivity index (χ1n) is 10.7. The quantitative estimate of drug-likeness (QED) is 0.614. The zero-order valence-electron chi connectivity index (χ0n) is 18.1. The molecule has 3 atom stereocenters. The molecule has 3 aliphatic rings. The SMILES string of the molecule is COc1cccc(F)c1N1NC2C(CC1=O)NNC2c1cnc(N2CCN(C)CC2)nc1. The highest BCUT2D eigenvalue weighted by molar-refractivity contribution is 5.95. The number of rotatable bonds is 4. The third-order valence-electron chi connectivity index (χ3n) is 6.34. The van der Waals surface area contributed by atoms with Gasteiger partial charge in [0.1, 0.15) is 11.4 Å². The van der Waals surface area contributed by atoms with Crippen molar-refractivity contribution in [2.75, 3.05) is 50.2 Å². The fraction of sp³-hybridized carbons (Fsp3) is 0.476. The largest absolute Gasteiger partial charge is 0.494 e. The van der Waals surface area contributed by atoms with Crippen LogP contribution in [0.1, 0.15) is 18.0 Å². The molecule has 3 aliphatic heterocycles. The number of anilines is 2. The van der Waals surface area contributed by atoms with Gasteiger partial charge in [-0.1, -0.05) is 6.07 Å². The number of likely N-dealkylation sites (N-methyl/N-ethyl adjacent to an activating group) is 1. The van der Waals surface area contributed by atoms with Gasteiger partial charge in [0.2, 0.25) is 11.9 Å². The number of nitrogens with zero attached hydrogens (tertiary/aromatic N) is 5. The van der Waals surface area contributed by atoms with Crippen LogP contribution in [0.4, 0.5) is 16.0 Å². The number of hydrogen-bond donors (Lipinski definition) is 3. The summed E-state index contributed by atoms with van der Waals surface area (Å²) in [5.41, 5.74) is 10.6. The summed E-state index contributed by atoms with van der Waals surface area (Å²) < 4.78 is 19.9. The van der Waals surface area contributed by atoms with Crippen molar-refractivity contribution < 1.29 is 13.9 Å². The number of halogens is 1. The predicted octanol–water partition coefficient (Wildman–Crippen LogP) is 0.204. The molecule has 3 unspecified atom stereocenters. The maximum absolute atomic E-state index is 14.6. The Kier molecular flexibility index (Phi) is 5.64. The van der Waals surface area contributed by atoms with Crippen molar-refractivity contribution in [3.05, 3.63) is 42.0 Å². The number of para-hydroxylation sites is 1. The highest BCUT2D eigenvalue weighted by Gasteiger charge is 2.45. The number of hydrazine groups is 2. The number of hydrogen-bond acceptors (Lipinski definition) is 9. The van der Waals surface area contributed by atoms with E-state index in [2.05, 4.69) is 43.1 Å². The second-order valence-corrected chi connectivity index (χ2v) is 8.36. The van der Waals surface area contributed by atoms with Gasteiger partial charge in [0.25, 0.3) is 0 Å². The van der Waals surface area contributed by atoms with Gasteiger partial charge in [0.05, 0.1) is 19.2 Å². The van der Waals surface area contributed by atoms with Gasteiger partial charge in [-0.05, 0) is 19.2 Å². The lowest BCUT2D eigenvalue weighted by Gasteiger charge is -2.37. The van der Waals surface area contributed by atoms with Crippen molar-refractivity contribution in [1.29, 1.82) is 0 Å². The highest BCUT2D eigenvalue weighted by atomic mass is 19.1. The van der Waals surface area contributed by atoms with Crippen molar-refractivity contribution in [1.82, 2.24) is 31.1 Å². The van der Waals surface area contributed by atoms with Crippen LogP contribution in [0, 0.1) is 5.82 Å². The second kappa shape index (κ2) is 8.58. The van der Waals surface area contributed by atoms with E-state index in [4.69, 9.17) is 4.74 Å². The summed E-state index contributed by atoms with van der Waals surface area (Å²) in [6, 6.07) is 3.93. The van der Waals surface area contributed by atoms with Gasteiger partial charge >= 0.3 is 0 Å². The molecule has 3 fully saturated rings. The molecule has 5 rings (SSSR count). The normalized spacial score (nSPS) is 26.3. The number of methoxy groups -OCH3 is 1. The molecule has 3 saturated heterocycles. The van der Waals surface area contributed by atoms with Crippen LogP contribution in [0.15, 0.2) is 30.6 Å². The monoisotopic (exact) mass is 442 g/mol. The third kappa shape index (κ3) is 3.77. The molecule has 3 N–H and O–H groups in total. The predicted molar refractivity (Wildman–Crippen MR) is 117 cm³/mol. The van der Waals surface area contributed by atoms with Crippen molar-refractivity contribution >= 4 is 17.5 Å². The summed E-state index contributed by atoms with van der Waals surface area (Å²) in [7, 11) is 3.56. The third-order valence-corrected chi connectivity index (χ3v) is 6.34. The molecule has 2 aromatic rings. The van der Waals surface area contributed by atoms with Crippen LogP contribution in [0.5, 0.6) is 5.75 Å². The Morgan fingerprint density at radius 3 is 2.59 bits per heavy atom. The molecule has 0 radical (unpaired) electrons. The first-order valence-corrected chi connectivity index (χ1v) is 10.7. The van der Waals surface area contributed by atoms with E-state index >= 15 is 0 Å². The van der Waals surface area contributed by atoms with E-state index in [1.165, 1.54) is 18.2 Å². The molecular formula is C21H27FN8O2. The van der Waals surface area contributed by atoms with Crippen LogP contribution in [0.25, 0.3) is 0 Å². The number of carbonyl (C=O) groups excluding carboxylic acids is 1.